The molecule has 0 radical (unpaired) electrons. The number of alkyl halides is 3. The van der Waals surface area contributed by atoms with Crippen LogP contribution in [0.2, 0.25) is 0 Å². The topological polar surface area (TPSA) is 92.8 Å². The quantitative estimate of drug-likeness (QED) is 0.413. The van der Waals surface area contributed by atoms with Gasteiger partial charge in [-0.3, -0.25) is 9.10 Å². The van der Waals surface area contributed by atoms with E-state index in [2.05, 4.69) is 18.5 Å². The molecule has 33 heavy (non-hydrogen) atoms. The van der Waals surface area contributed by atoms with Crippen LogP contribution in [0, 0.1) is 0 Å². The van der Waals surface area contributed by atoms with Crippen LogP contribution in [0.3, 0.4) is 0 Å². The average Bonchev–Trinajstić information content (AvgIpc) is 2.79. The van der Waals surface area contributed by atoms with E-state index in [4.69, 9.17) is 4.74 Å². The van der Waals surface area contributed by atoms with Gasteiger partial charge < -0.3 is 10.1 Å². The summed E-state index contributed by atoms with van der Waals surface area (Å²) in [5, 5.41) is 2.41. The number of carbonyl (C=O) groups excluding carboxylic acids is 2. The molecular formula is C22H21F3N2O5S. The maximum absolute atomic E-state index is 13.2. The summed E-state index contributed by atoms with van der Waals surface area (Å²) < 4.78 is 71.3. The molecule has 0 saturated heterocycles. The van der Waals surface area contributed by atoms with Gasteiger partial charge >= 0.3 is 12.1 Å². The number of rotatable bonds is 10. The monoisotopic (exact) mass is 482 g/mol. The minimum Gasteiger partial charge on any atom is -0.452 e. The number of nitrogens with zero attached hydrogens (tertiary/aromatic N) is 1. The lowest BCUT2D eigenvalue weighted by atomic mass is 10.2. The van der Waals surface area contributed by atoms with E-state index in [1.54, 1.807) is 0 Å². The zero-order valence-corrected chi connectivity index (χ0v) is 18.2. The SMILES string of the molecule is C=CCNC(=O)COC(=O)c1cccc(S(=O)(=O)N(CC=C)c2cccc(C(F)(F)F)c2)c1. The first kappa shape index (κ1) is 25.7. The number of ether oxygens (including phenoxy) is 1. The molecule has 176 valence electrons. The van der Waals surface area contributed by atoms with Gasteiger partial charge in [-0.05, 0) is 36.4 Å². The molecule has 2 aromatic rings. The third kappa shape index (κ3) is 6.69. The molecule has 2 rings (SSSR count). The van der Waals surface area contributed by atoms with Gasteiger partial charge in [-0.1, -0.05) is 24.3 Å². The molecule has 0 bridgehead atoms. The molecule has 0 heterocycles. The predicted octanol–water partition coefficient (Wildman–Crippen LogP) is 3.55. The van der Waals surface area contributed by atoms with Gasteiger partial charge in [0.2, 0.25) is 0 Å². The van der Waals surface area contributed by atoms with Crippen molar-refractivity contribution < 1.29 is 35.9 Å². The van der Waals surface area contributed by atoms with Crippen LogP contribution in [-0.2, 0) is 25.7 Å². The van der Waals surface area contributed by atoms with E-state index in [0.717, 1.165) is 22.5 Å². The Labute approximate surface area is 189 Å². The fourth-order valence-electron chi connectivity index (χ4n) is 2.66. The largest absolute Gasteiger partial charge is 0.452 e. The van der Waals surface area contributed by atoms with Gasteiger partial charge in [-0.15, -0.1) is 13.2 Å². The fraction of sp³-hybridized carbons (Fsp3) is 0.182. The summed E-state index contributed by atoms with van der Waals surface area (Å²) in [6, 6.07) is 8.61. The third-order valence-corrected chi connectivity index (χ3v) is 5.98. The van der Waals surface area contributed by atoms with Crippen LogP contribution in [0.15, 0.2) is 78.7 Å². The third-order valence-electron chi connectivity index (χ3n) is 4.19. The normalized spacial score (nSPS) is 11.4. The van der Waals surface area contributed by atoms with Crippen LogP contribution in [0.4, 0.5) is 18.9 Å². The molecular weight excluding hydrogens is 461 g/mol. The lowest BCUT2D eigenvalue weighted by molar-refractivity contribution is -0.137. The predicted molar refractivity (Wildman–Crippen MR) is 116 cm³/mol. The van der Waals surface area contributed by atoms with Crippen molar-refractivity contribution in [2.45, 2.75) is 11.1 Å². The standard InChI is InChI=1S/C22H21F3N2O5S/c1-3-11-26-20(28)15-32-21(29)16-7-5-10-19(13-16)33(30,31)27(12-4-2)18-9-6-8-17(14-18)22(23,24)25/h3-10,13-14H,1-2,11-12,15H2,(H,26,28). The highest BCUT2D eigenvalue weighted by atomic mass is 32.2. The molecule has 0 unspecified atom stereocenters. The number of halogens is 3. The van der Waals surface area contributed by atoms with Gasteiger partial charge in [0.15, 0.2) is 6.61 Å². The molecule has 0 saturated carbocycles. The number of hydrogen-bond acceptors (Lipinski definition) is 5. The summed E-state index contributed by atoms with van der Waals surface area (Å²) in [6.07, 6.45) is -2.01. The van der Waals surface area contributed by atoms with Gasteiger partial charge in [0.1, 0.15) is 0 Å². The summed E-state index contributed by atoms with van der Waals surface area (Å²) in [5.41, 5.74) is -1.40. The van der Waals surface area contributed by atoms with E-state index in [1.165, 1.54) is 36.4 Å². The van der Waals surface area contributed by atoms with Crippen LogP contribution < -0.4 is 9.62 Å². The molecule has 0 aromatic heterocycles. The van der Waals surface area contributed by atoms with Crippen LogP contribution in [0.1, 0.15) is 15.9 Å². The van der Waals surface area contributed by atoms with Crippen LogP contribution in [-0.4, -0.2) is 40.0 Å². The number of amides is 1. The van der Waals surface area contributed by atoms with Crippen molar-refractivity contribution in [3.63, 3.8) is 0 Å². The number of anilines is 1. The Morgan fingerprint density at radius 2 is 1.76 bits per heavy atom. The Hall–Kier alpha value is -3.60. The van der Waals surface area contributed by atoms with Crippen LogP contribution in [0.5, 0.6) is 0 Å². The summed E-state index contributed by atoms with van der Waals surface area (Å²) in [4.78, 5) is 23.4. The minimum atomic E-state index is -4.67. The lowest BCUT2D eigenvalue weighted by Gasteiger charge is -2.24. The van der Waals surface area contributed by atoms with Gasteiger partial charge in [0.25, 0.3) is 15.9 Å². The number of nitrogens with one attached hydrogen (secondary N) is 1. The Morgan fingerprint density at radius 3 is 2.39 bits per heavy atom. The molecule has 0 aliphatic heterocycles. The van der Waals surface area contributed by atoms with E-state index in [-0.39, 0.29) is 29.2 Å². The molecule has 1 amide bonds. The van der Waals surface area contributed by atoms with E-state index >= 15 is 0 Å². The van der Waals surface area contributed by atoms with Crippen molar-refractivity contribution in [3.05, 3.63) is 85.0 Å². The molecule has 0 atom stereocenters. The second-order valence-corrected chi connectivity index (χ2v) is 8.43. The number of esters is 1. The van der Waals surface area contributed by atoms with Crippen LogP contribution in [0.25, 0.3) is 0 Å². The molecule has 0 fully saturated rings. The number of carbonyl (C=O) groups is 2. The van der Waals surface area contributed by atoms with E-state index in [9.17, 15) is 31.2 Å². The van der Waals surface area contributed by atoms with E-state index < -0.39 is 40.2 Å². The summed E-state index contributed by atoms with van der Waals surface area (Å²) in [5.74, 6) is -1.52. The molecule has 0 aliphatic carbocycles. The van der Waals surface area contributed by atoms with Crippen molar-refractivity contribution in [2.24, 2.45) is 0 Å². The number of sulfonamides is 1. The van der Waals surface area contributed by atoms with Crippen molar-refractivity contribution in [2.75, 3.05) is 24.0 Å². The number of benzene rings is 2. The highest BCUT2D eigenvalue weighted by Gasteiger charge is 2.32. The second kappa shape index (κ2) is 10.8. The molecule has 0 aliphatic rings. The number of hydrogen-bond donors (Lipinski definition) is 1. The molecule has 0 spiro atoms. The van der Waals surface area contributed by atoms with E-state index in [0.29, 0.717) is 6.07 Å². The summed E-state index contributed by atoms with van der Waals surface area (Å²) in [6.45, 7) is 6.17. The average molecular weight is 482 g/mol. The van der Waals surface area contributed by atoms with Crippen molar-refractivity contribution in [1.82, 2.24) is 5.32 Å². The maximum Gasteiger partial charge on any atom is 0.416 e. The van der Waals surface area contributed by atoms with E-state index in [1.807, 2.05) is 0 Å². The van der Waals surface area contributed by atoms with Gasteiger partial charge in [-0.25, -0.2) is 13.2 Å². The minimum absolute atomic E-state index is 0.157. The van der Waals surface area contributed by atoms with Crippen molar-refractivity contribution in [1.29, 1.82) is 0 Å². The molecule has 1 N–H and O–H groups in total. The maximum atomic E-state index is 13.2. The van der Waals surface area contributed by atoms with Crippen molar-refractivity contribution >= 4 is 27.6 Å². The molecule has 7 nitrogen and oxygen atoms in total. The van der Waals surface area contributed by atoms with Crippen LogP contribution >= 0.6 is 0 Å². The smallest absolute Gasteiger partial charge is 0.416 e. The lowest BCUT2D eigenvalue weighted by Crippen LogP contribution is -2.31. The van der Waals surface area contributed by atoms with Gasteiger partial charge in [0, 0.05) is 6.54 Å². The zero-order valence-electron chi connectivity index (χ0n) is 17.3. The Kier molecular flexibility index (Phi) is 8.41. The molecule has 11 heteroatoms. The Balaban J connectivity index is 2.34. The first-order valence-electron chi connectivity index (χ1n) is 9.46. The zero-order chi connectivity index (χ0) is 24.6. The Bertz CT molecular complexity index is 1150. The summed E-state index contributed by atoms with van der Waals surface area (Å²) in [7, 11) is -4.38. The summed E-state index contributed by atoms with van der Waals surface area (Å²) >= 11 is 0. The highest BCUT2D eigenvalue weighted by Crippen LogP contribution is 2.33. The van der Waals surface area contributed by atoms with Crippen molar-refractivity contribution in [3.8, 4) is 0 Å². The van der Waals surface area contributed by atoms with Gasteiger partial charge in [0.05, 0.1) is 28.3 Å². The first-order valence-corrected chi connectivity index (χ1v) is 10.9. The molecule has 2 aromatic carbocycles. The Morgan fingerprint density at radius 1 is 1.06 bits per heavy atom. The first-order chi connectivity index (χ1) is 15.5. The fourth-order valence-corrected chi connectivity index (χ4v) is 4.13. The highest BCUT2D eigenvalue weighted by molar-refractivity contribution is 7.92. The second-order valence-electron chi connectivity index (χ2n) is 6.57. The van der Waals surface area contributed by atoms with Gasteiger partial charge in [-0.2, -0.15) is 13.2 Å².